The number of hydrogen-bond donors (Lipinski definition) is 3. The van der Waals surface area contributed by atoms with Gasteiger partial charge < -0.3 is 30.4 Å². The van der Waals surface area contributed by atoms with Crippen LogP contribution in [0.25, 0.3) is 17.4 Å². The Morgan fingerprint density at radius 2 is 2.00 bits per heavy atom. The fourth-order valence-electron chi connectivity index (χ4n) is 4.62. The number of ether oxygens (including phenoxy) is 1. The van der Waals surface area contributed by atoms with Crippen LogP contribution in [0, 0.1) is 11.6 Å². The zero-order chi connectivity index (χ0) is 26.9. The monoisotopic (exact) mass is 540 g/mol. The number of nitrogens with zero attached hydrogens (tertiary/aromatic N) is 7. The minimum Gasteiger partial charge on any atom is -0.477 e. The first-order chi connectivity index (χ1) is 18.9. The Balaban J connectivity index is 1.03. The lowest BCUT2D eigenvalue weighted by Gasteiger charge is -2.36. The van der Waals surface area contributed by atoms with Gasteiger partial charge in [0, 0.05) is 64.4 Å². The highest BCUT2D eigenvalue weighted by Crippen LogP contribution is 2.30. The van der Waals surface area contributed by atoms with Gasteiger partial charge in [-0.3, -0.25) is 9.69 Å². The lowest BCUT2D eigenvalue weighted by molar-refractivity contribution is -0.125. The van der Waals surface area contributed by atoms with Gasteiger partial charge in [0.1, 0.15) is 5.82 Å². The minimum atomic E-state index is -0.829. The van der Waals surface area contributed by atoms with E-state index in [1.807, 2.05) is 4.90 Å². The Labute approximate surface area is 221 Å². The Morgan fingerprint density at radius 3 is 2.74 bits per heavy atom. The van der Waals surface area contributed by atoms with Crippen molar-refractivity contribution in [2.75, 3.05) is 61.8 Å². The largest absolute Gasteiger partial charge is 0.477 e. The summed E-state index contributed by atoms with van der Waals surface area (Å²) < 4.78 is 41.2. The number of rotatable bonds is 8. The molecule has 15 heteroatoms. The number of benzene rings is 1. The van der Waals surface area contributed by atoms with Gasteiger partial charge in [-0.1, -0.05) is 0 Å². The smallest absolute Gasteiger partial charge is 0.261 e. The maximum Gasteiger partial charge on any atom is 0.261 e. The molecule has 2 saturated heterocycles. The van der Waals surface area contributed by atoms with Crippen molar-refractivity contribution in [1.82, 2.24) is 34.8 Å². The number of nitrogens with one attached hydrogen (secondary N) is 2. The van der Waals surface area contributed by atoms with E-state index >= 15 is 0 Å². The van der Waals surface area contributed by atoms with E-state index in [0.29, 0.717) is 75.5 Å². The third-order valence-electron chi connectivity index (χ3n) is 6.67. The molecule has 0 spiro atoms. The molecule has 2 aliphatic heterocycles. The number of carbonyl (C=O) groups is 1. The van der Waals surface area contributed by atoms with E-state index in [0.717, 1.165) is 6.07 Å². The molecule has 1 unspecified atom stereocenters. The maximum absolute atomic E-state index is 14.6. The molecule has 3 aromatic heterocycles. The summed E-state index contributed by atoms with van der Waals surface area (Å²) in [4.78, 5) is 28.8. The molecule has 4 N–H and O–H groups in total. The summed E-state index contributed by atoms with van der Waals surface area (Å²) in [5.74, 6) is -0.298. The molecule has 0 aliphatic carbocycles. The molecule has 1 atom stereocenters. The number of hydrogen-bond acceptors (Lipinski definition) is 11. The molecular formula is C24H26F2N10O3. The van der Waals surface area contributed by atoms with E-state index in [1.165, 1.54) is 16.8 Å². The molecule has 5 heterocycles. The molecule has 4 aromatic rings. The Bertz CT molecular complexity index is 1490. The molecule has 204 valence electrons. The van der Waals surface area contributed by atoms with Crippen LogP contribution in [0.4, 0.5) is 26.4 Å². The fourth-order valence-corrected chi connectivity index (χ4v) is 4.62. The van der Waals surface area contributed by atoms with Crippen LogP contribution in [0.3, 0.4) is 0 Å². The van der Waals surface area contributed by atoms with Gasteiger partial charge >= 0.3 is 0 Å². The highest BCUT2D eigenvalue weighted by atomic mass is 19.1. The molecule has 1 aromatic carbocycles. The number of fused-ring (bicyclic) bond motifs is 1. The molecule has 0 bridgehead atoms. The topological polar surface area (TPSA) is 152 Å². The van der Waals surface area contributed by atoms with Gasteiger partial charge in [0.25, 0.3) is 11.7 Å². The second kappa shape index (κ2) is 10.3. The third-order valence-corrected chi connectivity index (χ3v) is 6.67. The van der Waals surface area contributed by atoms with E-state index in [-0.39, 0.29) is 23.3 Å². The van der Waals surface area contributed by atoms with Crippen LogP contribution in [0.2, 0.25) is 0 Å². The van der Waals surface area contributed by atoms with Crippen molar-refractivity contribution in [2.24, 2.45) is 0 Å². The molecule has 2 fully saturated rings. The van der Waals surface area contributed by atoms with Crippen LogP contribution in [0.15, 0.2) is 34.9 Å². The Kier molecular flexibility index (Phi) is 6.56. The quantitative estimate of drug-likeness (QED) is 0.295. The number of carbonyl (C=O) groups excluding carboxylic acids is 1. The number of piperazine rings is 1. The second-order valence-electron chi connectivity index (χ2n) is 9.21. The molecule has 0 saturated carbocycles. The molecule has 13 nitrogen and oxygen atoms in total. The zero-order valence-corrected chi connectivity index (χ0v) is 20.8. The average molecular weight is 541 g/mol. The van der Waals surface area contributed by atoms with Crippen LogP contribution < -0.4 is 26.0 Å². The highest BCUT2D eigenvalue weighted by molar-refractivity contribution is 5.83. The first-order valence-corrected chi connectivity index (χ1v) is 12.5. The summed E-state index contributed by atoms with van der Waals surface area (Å²) in [6, 6.07) is 5.63. The van der Waals surface area contributed by atoms with Crippen molar-refractivity contribution in [3.8, 4) is 17.3 Å². The Morgan fingerprint density at radius 1 is 1.15 bits per heavy atom. The number of aromatic nitrogens is 5. The number of halogens is 2. The van der Waals surface area contributed by atoms with Gasteiger partial charge in [0.15, 0.2) is 23.4 Å². The van der Waals surface area contributed by atoms with E-state index in [1.54, 1.807) is 12.1 Å². The molecule has 0 radical (unpaired) electrons. The minimum absolute atomic E-state index is 0.125. The predicted molar refractivity (Wildman–Crippen MR) is 136 cm³/mol. The number of nitrogens with two attached hydrogens (primary N) is 1. The fraction of sp³-hybridized carbons (Fsp3) is 0.375. The normalized spacial score (nSPS) is 18.1. The van der Waals surface area contributed by atoms with Crippen LogP contribution in [-0.4, -0.2) is 87.3 Å². The van der Waals surface area contributed by atoms with E-state index in [4.69, 9.17) is 14.9 Å². The van der Waals surface area contributed by atoms with Crippen LogP contribution in [0.1, 0.15) is 6.42 Å². The zero-order valence-electron chi connectivity index (χ0n) is 20.8. The van der Waals surface area contributed by atoms with Gasteiger partial charge in [-0.2, -0.15) is 19.5 Å². The van der Waals surface area contributed by atoms with Gasteiger partial charge in [-0.25, -0.2) is 8.78 Å². The van der Waals surface area contributed by atoms with Crippen molar-refractivity contribution in [1.29, 1.82) is 0 Å². The second-order valence-corrected chi connectivity index (χ2v) is 9.21. The third kappa shape index (κ3) is 5.12. The first kappa shape index (κ1) is 24.8. The SMILES string of the molecule is Nc1nc(NCCN2CCN(c3cc(OC4CCNC4=O)c(F)cc3F)CC2)nc2nc(-c3ccco3)nn12. The van der Waals surface area contributed by atoms with Crippen molar-refractivity contribution < 1.29 is 22.7 Å². The van der Waals surface area contributed by atoms with Crippen molar-refractivity contribution in [2.45, 2.75) is 12.5 Å². The lowest BCUT2D eigenvalue weighted by atomic mass is 10.2. The van der Waals surface area contributed by atoms with Crippen LogP contribution in [0.5, 0.6) is 5.75 Å². The summed E-state index contributed by atoms with van der Waals surface area (Å²) in [6.07, 6.45) is 1.20. The number of furan rings is 1. The van der Waals surface area contributed by atoms with Gasteiger partial charge in [-0.05, 0) is 12.1 Å². The summed E-state index contributed by atoms with van der Waals surface area (Å²) in [5, 5.41) is 10.1. The van der Waals surface area contributed by atoms with E-state index in [2.05, 4.69) is 35.6 Å². The van der Waals surface area contributed by atoms with Crippen LogP contribution in [-0.2, 0) is 4.79 Å². The summed E-state index contributed by atoms with van der Waals surface area (Å²) in [5.41, 5.74) is 6.29. The van der Waals surface area contributed by atoms with Crippen molar-refractivity contribution >= 4 is 29.3 Å². The summed E-state index contributed by atoms with van der Waals surface area (Å²) in [7, 11) is 0. The van der Waals surface area contributed by atoms with Gasteiger partial charge in [-0.15, -0.1) is 5.10 Å². The van der Waals surface area contributed by atoms with Crippen molar-refractivity contribution in [3.63, 3.8) is 0 Å². The summed E-state index contributed by atoms with van der Waals surface area (Å²) >= 11 is 0. The number of nitrogen functional groups attached to an aromatic ring is 1. The predicted octanol–water partition coefficient (Wildman–Crippen LogP) is 1.14. The van der Waals surface area contributed by atoms with Gasteiger partial charge in [0.2, 0.25) is 17.7 Å². The number of amides is 1. The van der Waals surface area contributed by atoms with Crippen molar-refractivity contribution in [3.05, 3.63) is 42.2 Å². The molecule has 2 aliphatic rings. The van der Waals surface area contributed by atoms with E-state index in [9.17, 15) is 13.6 Å². The molecule has 1 amide bonds. The van der Waals surface area contributed by atoms with E-state index < -0.39 is 17.7 Å². The molecule has 6 rings (SSSR count). The van der Waals surface area contributed by atoms with Crippen LogP contribution >= 0.6 is 0 Å². The molecular weight excluding hydrogens is 514 g/mol. The summed E-state index contributed by atoms with van der Waals surface area (Å²) in [6.45, 7) is 4.10. The maximum atomic E-state index is 14.6. The first-order valence-electron chi connectivity index (χ1n) is 12.5. The highest BCUT2D eigenvalue weighted by Gasteiger charge is 2.28. The Hall–Kier alpha value is -4.53. The lowest BCUT2D eigenvalue weighted by Crippen LogP contribution is -2.48. The van der Waals surface area contributed by atoms with Gasteiger partial charge in [0.05, 0.1) is 12.0 Å². The average Bonchev–Trinajstić information content (AvgIpc) is 3.68. The standard InChI is InChI=1S/C24H26F2N10O3/c25-14-12-15(26)19(39-18-3-4-28-21(18)37)13-16(14)35-9-7-34(8-10-35)6-5-29-23-31-22(27)36-24(32-23)30-20(33-36)17-2-1-11-38-17/h1-2,11-13,18H,3-10H2,(H,28,37)(H3,27,29,30,31,32,33). The molecule has 39 heavy (non-hydrogen) atoms. The number of anilines is 3.